The Morgan fingerprint density at radius 1 is 1.33 bits per heavy atom. The molecular formula is C20H33N3O. The second kappa shape index (κ2) is 8.13. The molecule has 1 aromatic carbocycles. The van der Waals surface area contributed by atoms with Crippen LogP contribution in [-0.2, 0) is 17.9 Å². The van der Waals surface area contributed by atoms with Crippen LogP contribution in [0.15, 0.2) is 24.3 Å². The van der Waals surface area contributed by atoms with Crippen molar-refractivity contribution in [3.05, 3.63) is 35.4 Å². The summed E-state index contributed by atoms with van der Waals surface area (Å²) in [5.74, 6) is 0.694. The fraction of sp³-hybridized carbons (Fsp3) is 0.650. The standard InChI is InChI=1S/C20H33N3O/c1-15-8-7-11-23(13-15)14-17-10-6-5-9-16(17)12-22-19(24)18(21)20(2,3)4/h5-6,9-10,15,18H,7-8,11-14,21H2,1-4H3,(H,22,24)/t15?,18-/m1/s1. The summed E-state index contributed by atoms with van der Waals surface area (Å²) in [6, 6.07) is 7.89. The Morgan fingerprint density at radius 2 is 2.00 bits per heavy atom. The Kier molecular flexibility index (Phi) is 6.41. The summed E-state index contributed by atoms with van der Waals surface area (Å²) >= 11 is 0. The first-order chi connectivity index (χ1) is 11.3. The Hall–Kier alpha value is -1.39. The SMILES string of the molecule is CC1CCCN(Cc2ccccc2CNC(=O)[C@@H](N)C(C)(C)C)C1. The number of hydrogen-bond donors (Lipinski definition) is 2. The van der Waals surface area contributed by atoms with E-state index in [0.717, 1.165) is 19.0 Å². The molecule has 1 aliphatic rings. The van der Waals surface area contributed by atoms with Crippen molar-refractivity contribution in [2.45, 2.75) is 59.7 Å². The summed E-state index contributed by atoms with van der Waals surface area (Å²) in [5.41, 5.74) is 8.30. The van der Waals surface area contributed by atoms with E-state index in [9.17, 15) is 4.79 Å². The van der Waals surface area contributed by atoms with Crippen molar-refractivity contribution < 1.29 is 4.79 Å². The highest BCUT2D eigenvalue weighted by molar-refractivity contribution is 5.82. The largest absolute Gasteiger partial charge is 0.351 e. The maximum absolute atomic E-state index is 12.3. The normalized spacial score (nSPS) is 20.6. The maximum atomic E-state index is 12.3. The van der Waals surface area contributed by atoms with Crippen LogP contribution in [0.5, 0.6) is 0 Å². The van der Waals surface area contributed by atoms with E-state index in [0.29, 0.717) is 6.54 Å². The lowest BCUT2D eigenvalue weighted by atomic mass is 9.87. The van der Waals surface area contributed by atoms with Crippen LogP contribution in [-0.4, -0.2) is 29.9 Å². The molecule has 2 rings (SSSR count). The minimum atomic E-state index is -0.493. The van der Waals surface area contributed by atoms with E-state index in [-0.39, 0.29) is 11.3 Å². The number of nitrogens with one attached hydrogen (secondary N) is 1. The molecule has 1 fully saturated rings. The van der Waals surface area contributed by atoms with Gasteiger partial charge in [-0.2, -0.15) is 0 Å². The van der Waals surface area contributed by atoms with Gasteiger partial charge in [0.25, 0.3) is 0 Å². The van der Waals surface area contributed by atoms with Crippen LogP contribution in [0.4, 0.5) is 0 Å². The topological polar surface area (TPSA) is 58.4 Å². The minimum Gasteiger partial charge on any atom is -0.351 e. The summed E-state index contributed by atoms with van der Waals surface area (Å²) in [6.07, 6.45) is 2.61. The molecule has 134 valence electrons. The smallest absolute Gasteiger partial charge is 0.237 e. The number of nitrogens with zero attached hydrogens (tertiary/aromatic N) is 1. The lowest BCUT2D eigenvalue weighted by molar-refractivity contribution is -0.124. The third-order valence-corrected chi connectivity index (χ3v) is 4.92. The molecule has 0 radical (unpaired) electrons. The molecule has 1 aliphatic heterocycles. The number of likely N-dealkylation sites (tertiary alicyclic amines) is 1. The molecule has 1 heterocycles. The number of carbonyl (C=O) groups excluding carboxylic acids is 1. The van der Waals surface area contributed by atoms with Gasteiger partial charge in [0.05, 0.1) is 6.04 Å². The quantitative estimate of drug-likeness (QED) is 0.872. The maximum Gasteiger partial charge on any atom is 0.237 e. The summed E-state index contributed by atoms with van der Waals surface area (Å²) in [4.78, 5) is 14.8. The number of hydrogen-bond acceptors (Lipinski definition) is 3. The Balaban J connectivity index is 1.97. The fourth-order valence-electron chi connectivity index (χ4n) is 3.24. The predicted molar refractivity (Wildman–Crippen MR) is 99.4 cm³/mol. The molecule has 24 heavy (non-hydrogen) atoms. The molecule has 2 atom stereocenters. The van der Waals surface area contributed by atoms with Crippen molar-refractivity contribution in [3.63, 3.8) is 0 Å². The van der Waals surface area contributed by atoms with Crippen LogP contribution in [0.3, 0.4) is 0 Å². The highest BCUT2D eigenvalue weighted by atomic mass is 16.2. The van der Waals surface area contributed by atoms with Gasteiger partial charge in [-0.15, -0.1) is 0 Å². The van der Waals surface area contributed by atoms with Crippen LogP contribution >= 0.6 is 0 Å². The van der Waals surface area contributed by atoms with Crippen LogP contribution in [0.1, 0.15) is 51.7 Å². The highest BCUT2D eigenvalue weighted by Gasteiger charge is 2.27. The van der Waals surface area contributed by atoms with Crippen LogP contribution in [0.2, 0.25) is 0 Å². The Bertz CT molecular complexity index is 550. The van der Waals surface area contributed by atoms with E-state index in [1.807, 2.05) is 26.8 Å². The lowest BCUT2D eigenvalue weighted by Crippen LogP contribution is -2.48. The van der Waals surface area contributed by atoms with Crippen molar-refractivity contribution in [2.75, 3.05) is 13.1 Å². The Labute approximate surface area is 146 Å². The monoisotopic (exact) mass is 331 g/mol. The molecule has 4 nitrogen and oxygen atoms in total. The first-order valence-electron chi connectivity index (χ1n) is 9.10. The summed E-state index contributed by atoms with van der Waals surface area (Å²) < 4.78 is 0. The predicted octanol–water partition coefficient (Wildman–Crippen LogP) is 2.91. The molecule has 1 amide bonds. The number of amides is 1. The average Bonchev–Trinajstić information content (AvgIpc) is 2.52. The van der Waals surface area contributed by atoms with Gasteiger partial charge in [0, 0.05) is 19.6 Å². The van der Waals surface area contributed by atoms with Crippen LogP contribution in [0, 0.1) is 11.3 Å². The van der Waals surface area contributed by atoms with Gasteiger partial charge in [-0.05, 0) is 41.8 Å². The van der Waals surface area contributed by atoms with E-state index in [2.05, 4.69) is 35.3 Å². The first kappa shape index (κ1) is 18.9. The summed E-state index contributed by atoms with van der Waals surface area (Å²) in [5, 5.41) is 3.01. The molecule has 0 aliphatic carbocycles. The van der Waals surface area contributed by atoms with E-state index in [1.165, 1.54) is 30.5 Å². The van der Waals surface area contributed by atoms with Gasteiger partial charge in [-0.25, -0.2) is 0 Å². The molecule has 0 saturated carbocycles. The molecule has 0 aromatic heterocycles. The third kappa shape index (κ3) is 5.32. The number of rotatable bonds is 5. The zero-order valence-corrected chi connectivity index (χ0v) is 15.6. The van der Waals surface area contributed by atoms with Crippen molar-refractivity contribution >= 4 is 5.91 Å². The van der Waals surface area contributed by atoms with Gasteiger partial charge in [0.15, 0.2) is 0 Å². The van der Waals surface area contributed by atoms with Gasteiger partial charge in [0.2, 0.25) is 5.91 Å². The van der Waals surface area contributed by atoms with Gasteiger partial charge in [-0.1, -0.05) is 52.0 Å². The second-order valence-electron chi connectivity index (χ2n) is 8.31. The molecule has 4 heteroatoms. The number of nitrogens with two attached hydrogens (primary N) is 1. The van der Waals surface area contributed by atoms with E-state index in [4.69, 9.17) is 5.73 Å². The first-order valence-corrected chi connectivity index (χ1v) is 9.10. The number of carbonyl (C=O) groups is 1. The van der Waals surface area contributed by atoms with Crippen molar-refractivity contribution in [3.8, 4) is 0 Å². The minimum absolute atomic E-state index is 0.0797. The van der Waals surface area contributed by atoms with Gasteiger partial charge in [0.1, 0.15) is 0 Å². The molecule has 1 aromatic rings. The molecule has 1 saturated heterocycles. The van der Waals surface area contributed by atoms with Crippen LogP contribution < -0.4 is 11.1 Å². The third-order valence-electron chi connectivity index (χ3n) is 4.92. The van der Waals surface area contributed by atoms with Gasteiger partial charge >= 0.3 is 0 Å². The second-order valence-corrected chi connectivity index (χ2v) is 8.31. The van der Waals surface area contributed by atoms with Crippen molar-refractivity contribution in [2.24, 2.45) is 17.1 Å². The molecule has 1 unspecified atom stereocenters. The molecule has 3 N–H and O–H groups in total. The van der Waals surface area contributed by atoms with E-state index >= 15 is 0 Å². The number of benzene rings is 1. The number of piperidine rings is 1. The van der Waals surface area contributed by atoms with Crippen molar-refractivity contribution in [1.29, 1.82) is 0 Å². The van der Waals surface area contributed by atoms with Gasteiger partial charge < -0.3 is 11.1 Å². The molecular weight excluding hydrogens is 298 g/mol. The van der Waals surface area contributed by atoms with Crippen molar-refractivity contribution in [1.82, 2.24) is 10.2 Å². The van der Waals surface area contributed by atoms with Crippen LogP contribution in [0.25, 0.3) is 0 Å². The van der Waals surface area contributed by atoms with E-state index in [1.54, 1.807) is 0 Å². The zero-order valence-electron chi connectivity index (χ0n) is 15.6. The zero-order chi connectivity index (χ0) is 17.7. The highest BCUT2D eigenvalue weighted by Crippen LogP contribution is 2.20. The Morgan fingerprint density at radius 3 is 2.62 bits per heavy atom. The molecule has 0 bridgehead atoms. The van der Waals surface area contributed by atoms with Gasteiger partial charge in [-0.3, -0.25) is 9.69 Å². The summed E-state index contributed by atoms with van der Waals surface area (Å²) in [7, 11) is 0. The lowest BCUT2D eigenvalue weighted by Gasteiger charge is -2.31. The fourth-order valence-corrected chi connectivity index (χ4v) is 3.24. The molecule has 0 spiro atoms. The summed E-state index contributed by atoms with van der Waals surface area (Å²) in [6.45, 7) is 12.1. The average molecular weight is 332 g/mol. The van der Waals surface area contributed by atoms with E-state index < -0.39 is 6.04 Å².